The number of carbonyl (C=O) groups excluding carboxylic acids is 1. The topological polar surface area (TPSA) is 50.4 Å². The van der Waals surface area contributed by atoms with Gasteiger partial charge < -0.3 is 10.1 Å². The van der Waals surface area contributed by atoms with Gasteiger partial charge in [-0.15, -0.1) is 0 Å². The number of hydrogen-bond donors (Lipinski definition) is 2. The minimum absolute atomic E-state index is 0.295. The molecule has 5 heteroatoms. The number of likely N-dealkylation sites (N-methyl/N-ethyl adjacent to an activating group) is 1. The van der Waals surface area contributed by atoms with E-state index in [1.54, 1.807) is 7.05 Å². The summed E-state index contributed by atoms with van der Waals surface area (Å²) in [6, 6.07) is 5.47. The first-order valence-corrected chi connectivity index (χ1v) is 4.56. The number of ether oxygens (including phenoxy) is 1. The highest BCUT2D eigenvalue weighted by Gasteiger charge is 2.01. The third kappa shape index (κ3) is 4.42. The van der Waals surface area contributed by atoms with Crippen molar-refractivity contribution in [3.8, 4) is 0 Å². The zero-order valence-corrected chi connectivity index (χ0v) is 8.42. The minimum Gasteiger partial charge on any atom is -0.448 e. The molecule has 0 bridgehead atoms. The minimum atomic E-state index is -0.545. The highest BCUT2D eigenvalue weighted by Crippen LogP contribution is 2.08. The molecule has 0 saturated heterocycles. The fourth-order valence-electron chi connectivity index (χ4n) is 0.933. The van der Waals surface area contributed by atoms with Crippen LogP contribution in [0.1, 0.15) is 0 Å². The molecule has 0 atom stereocenters. The van der Waals surface area contributed by atoms with Gasteiger partial charge in [-0.3, -0.25) is 5.32 Å². The van der Waals surface area contributed by atoms with Crippen LogP contribution in [0.5, 0.6) is 0 Å². The molecule has 4 nitrogen and oxygen atoms in total. The smallest absolute Gasteiger partial charge is 0.411 e. The van der Waals surface area contributed by atoms with Gasteiger partial charge in [-0.05, 0) is 31.3 Å². The molecule has 2 N–H and O–H groups in total. The summed E-state index contributed by atoms with van der Waals surface area (Å²) < 4.78 is 17.3. The largest absolute Gasteiger partial charge is 0.448 e. The van der Waals surface area contributed by atoms with Crippen LogP contribution in [0.4, 0.5) is 14.9 Å². The molecule has 0 fully saturated rings. The van der Waals surface area contributed by atoms with Crippen molar-refractivity contribution in [3.05, 3.63) is 30.1 Å². The van der Waals surface area contributed by atoms with Crippen molar-refractivity contribution in [1.82, 2.24) is 5.32 Å². The first kappa shape index (κ1) is 11.5. The van der Waals surface area contributed by atoms with Crippen LogP contribution < -0.4 is 10.6 Å². The van der Waals surface area contributed by atoms with Crippen LogP contribution in [0.3, 0.4) is 0 Å². The number of amides is 1. The molecule has 0 aliphatic heterocycles. The van der Waals surface area contributed by atoms with E-state index in [4.69, 9.17) is 4.74 Å². The van der Waals surface area contributed by atoms with Crippen molar-refractivity contribution in [1.29, 1.82) is 0 Å². The Kier molecular flexibility index (Phi) is 4.56. The number of carbonyl (C=O) groups is 1. The van der Waals surface area contributed by atoms with E-state index in [9.17, 15) is 9.18 Å². The van der Waals surface area contributed by atoms with Crippen molar-refractivity contribution in [2.75, 3.05) is 25.5 Å². The second kappa shape index (κ2) is 5.98. The molecule has 0 spiro atoms. The van der Waals surface area contributed by atoms with Crippen molar-refractivity contribution in [2.24, 2.45) is 0 Å². The first-order valence-electron chi connectivity index (χ1n) is 4.56. The quantitative estimate of drug-likeness (QED) is 0.745. The fourth-order valence-corrected chi connectivity index (χ4v) is 0.933. The molecule has 0 aliphatic carbocycles. The summed E-state index contributed by atoms with van der Waals surface area (Å²) in [6.45, 7) is 0.889. The Labute approximate surface area is 87.4 Å². The maximum Gasteiger partial charge on any atom is 0.411 e. The van der Waals surface area contributed by atoms with E-state index in [0.717, 1.165) is 0 Å². The third-order valence-electron chi connectivity index (χ3n) is 1.68. The summed E-state index contributed by atoms with van der Waals surface area (Å²) in [4.78, 5) is 11.1. The van der Waals surface area contributed by atoms with Gasteiger partial charge in [-0.2, -0.15) is 0 Å². The Morgan fingerprint density at radius 1 is 1.40 bits per heavy atom. The van der Waals surface area contributed by atoms with E-state index in [1.165, 1.54) is 24.3 Å². The zero-order chi connectivity index (χ0) is 11.1. The van der Waals surface area contributed by atoms with Gasteiger partial charge in [-0.25, -0.2) is 9.18 Å². The summed E-state index contributed by atoms with van der Waals surface area (Å²) in [5.74, 6) is -0.343. The molecule has 1 aromatic carbocycles. The lowest BCUT2D eigenvalue weighted by Gasteiger charge is -2.06. The Bertz CT molecular complexity index is 314. The Morgan fingerprint density at radius 3 is 2.67 bits per heavy atom. The highest BCUT2D eigenvalue weighted by atomic mass is 19.1. The molecule has 1 amide bonds. The van der Waals surface area contributed by atoms with Crippen molar-refractivity contribution < 1.29 is 13.9 Å². The second-order valence-electron chi connectivity index (χ2n) is 2.87. The SMILES string of the molecule is CNCCOC(=O)Nc1ccc(F)cc1. The lowest BCUT2D eigenvalue weighted by molar-refractivity contribution is 0.163. The summed E-state index contributed by atoms with van der Waals surface area (Å²) in [6.07, 6.45) is -0.545. The molecule has 82 valence electrons. The molecule has 1 rings (SSSR count). The van der Waals surface area contributed by atoms with Gasteiger partial charge in [-0.1, -0.05) is 0 Å². The average Bonchev–Trinajstić information content (AvgIpc) is 2.22. The van der Waals surface area contributed by atoms with Crippen LogP contribution in [-0.2, 0) is 4.74 Å². The van der Waals surface area contributed by atoms with Gasteiger partial charge in [0.1, 0.15) is 12.4 Å². The van der Waals surface area contributed by atoms with Gasteiger partial charge >= 0.3 is 6.09 Å². The van der Waals surface area contributed by atoms with Gasteiger partial charge in [0.2, 0.25) is 0 Å². The predicted molar refractivity (Wildman–Crippen MR) is 55.3 cm³/mol. The number of hydrogen-bond acceptors (Lipinski definition) is 3. The van der Waals surface area contributed by atoms with E-state index >= 15 is 0 Å². The molecule has 0 heterocycles. The van der Waals surface area contributed by atoms with E-state index in [2.05, 4.69) is 10.6 Å². The normalized spacial score (nSPS) is 9.73. The maximum atomic E-state index is 12.5. The Balaban J connectivity index is 2.34. The summed E-state index contributed by atoms with van der Waals surface area (Å²) >= 11 is 0. The average molecular weight is 212 g/mol. The van der Waals surface area contributed by atoms with E-state index in [0.29, 0.717) is 18.8 Å². The molecule has 15 heavy (non-hydrogen) atoms. The van der Waals surface area contributed by atoms with Crippen molar-refractivity contribution in [2.45, 2.75) is 0 Å². The zero-order valence-electron chi connectivity index (χ0n) is 8.42. The monoisotopic (exact) mass is 212 g/mol. The molecule has 0 saturated carbocycles. The van der Waals surface area contributed by atoms with Gasteiger partial charge in [0.25, 0.3) is 0 Å². The molecular weight excluding hydrogens is 199 g/mol. The molecule has 0 aliphatic rings. The van der Waals surface area contributed by atoms with Crippen LogP contribution in [0.25, 0.3) is 0 Å². The highest BCUT2D eigenvalue weighted by molar-refractivity contribution is 5.84. The maximum absolute atomic E-state index is 12.5. The number of halogens is 1. The lowest BCUT2D eigenvalue weighted by atomic mass is 10.3. The third-order valence-corrected chi connectivity index (χ3v) is 1.68. The predicted octanol–water partition coefficient (Wildman–Crippen LogP) is 1.59. The van der Waals surface area contributed by atoms with Crippen LogP contribution in [0, 0.1) is 5.82 Å². The first-order chi connectivity index (χ1) is 7.22. The number of benzene rings is 1. The lowest BCUT2D eigenvalue weighted by Crippen LogP contribution is -2.20. The van der Waals surface area contributed by atoms with Crippen LogP contribution in [0.15, 0.2) is 24.3 Å². The summed E-state index contributed by atoms with van der Waals surface area (Å²) in [5, 5.41) is 5.31. The molecular formula is C10H13FN2O2. The van der Waals surface area contributed by atoms with Crippen molar-refractivity contribution >= 4 is 11.8 Å². The molecule has 0 radical (unpaired) electrons. The number of rotatable bonds is 4. The van der Waals surface area contributed by atoms with Crippen LogP contribution in [0.2, 0.25) is 0 Å². The fraction of sp³-hybridized carbons (Fsp3) is 0.300. The number of nitrogens with one attached hydrogen (secondary N) is 2. The van der Waals surface area contributed by atoms with Gasteiger partial charge in [0, 0.05) is 12.2 Å². The Morgan fingerprint density at radius 2 is 2.07 bits per heavy atom. The molecule has 0 unspecified atom stereocenters. The van der Waals surface area contributed by atoms with Crippen LogP contribution >= 0.6 is 0 Å². The van der Waals surface area contributed by atoms with Gasteiger partial charge in [0.15, 0.2) is 0 Å². The van der Waals surface area contributed by atoms with E-state index in [-0.39, 0.29) is 5.82 Å². The number of anilines is 1. The van der Waals surface area contributed by atoms with E-state index in [1.807, 2.05) is 0 Å². The molecule has 1 aromatic rings. The van der Waals surface area contributed by atoms with Gasteiger partial charge in [0.05, 0.1) is 0 Å². The van der Waals surface area contributed by atoms with Crippen molar-refractivity contribution in [3.63, 3.8) is 0 Å². The summed E-state index contributed by atoms with van der Waals surface area (Å²) in [7, 11) is 1.77. The Hall–Kier alpha value is -1.62. The standard InChI is InChI=1S/C10H13FN2O2/c1-12-6-7-15-10(14)13-9-4-2-8(11)3-5-9/h2-5,12H,6-7H2,1H3,(H,13,14). The molecule has 0 aromatic heterocycles. The second-order valence-corrected chi connectivity index (χ2v) is 2.87. The summed E-state index contributed by atoms with van der Waals surface area (Å²) in [5.41, 5.74) is 0.505. The van der Waals surface area contributed by atoms with Crippen LogP contribution in [-0.4, -0.2) is 26.3 Å². The van der Waals surface area contributed by atoms with E-state index < -0.39 is 6.09 Å².